The van der Waals surface area contributed by atoms with Gasteiger partial charge in [-0.05, 0) is 18.9 Å². The third-order valence-electron chi connectivity index (χ3n) is 2.64. The van der Waals surface area contributed by atoms with E-state index in [1.54, 1.807) is 12.1 Å². The lowest BCUT2D eigenvalue weighted by molar-refractivity contribution is -0.384. The zero-order valence-corrected chi connectivity index (χ0v) is 10.7. The molecule has 0 aromatic heterocycles. The molecule has 0 spiro atoms. The Balaban J connectivity index is 2.51. The largest absolute Gasteiger partial charge is 0.353 e. The van der Waals surface area contributed by atoms with E-state index in [2.05, 4.69) is 12.2 Å². The van der Waals surface area contributed by atoms with E-state index >= 15 is 0 Å². The minimum atomic E-state index is -0.451. The molecule has 0 aliphatic heterocycles. The molecule has 0 saturated carbocycles. The molecule has 1 amide bonds. The molecule has 0 heterocycles. The number of non-ortho nitro benzene ring substituents is 1. The second-order valence-electron chi connectivity index (χ2n) is 4.36. The van der Waals surface area contributed by atoms with Crippen molar-refractivity contribution in [3.63, 3.8) is 0 Å². The van der Waals surface area contributed by atoms with Crippen LogP contribution in [0.4, 0.5) is 5.69 Å². The van der Waals surface area contributed by atoms with Crippen molar-refractivity contribution in [1.29, 1.82) is 0 Å². The predicted octanol–water partition coefficient (Wildman–Crippen LogP) is 2.44. The third kappa shape index (κ3) is 4.53. The van der Waals surface area contributed by atoms with E-state index in [1.807, 2.05) is 6.92 Å². The van der Waals surface area contributed by atoms with E-state index in [4.69, 9.17) is 0 Å². The van der Waals surface area contributed by atoms with Crippen molar-refractivity contribution in [1.82, 2.24) is 5.32 Å². The first-order chi connectivity index (χ1) is 8.52. The van der Waals surface area contributed by atoms with Gasteiger partial charge in [0, 0.05) is 18.2 Å². The van der Waals surface area contributed by atoms with Gasteiger partial charge in [0.1, 0.15) is 0 Å². The normalized spacial score (nSPS) is 11.9. The van der Waals surface area contributed by atoms with Crippen molar-refractivity contribution in [3.05, 3.63) is 39.9 Å². The van der Waals surface area contributed by atoms with Gasteiger partial charge >= 0.3 is 0 Å². The maximum absolute atomic E-state index is 11.7. The minimum absolute atomic E-state index is 0.0403. The third-order valence-corrected chi connectivity index (χ3v) is 2.64. The second kappa shape index (κ2) is 6.74. The van der Waals surface area contributed by atoms with Crippen LogP contribution in [0.15, 0.2) is 24.3 Å². The quantitative estimate of drug-likeness (QED) is 0.622. The summed E-state index contributed by atoms with van der Waals surface area (Å²) in [4.78, 5) is 21.7. The summed E-state index contributed by atoms with van der Waals surface area (Å²) in [5, 5.41) is 13.4. The molecule has 18 heavy (non-hydrogen) atoms. The Kier molecular flexibility index (Phi) is 5.30. The maximum Gasteiger partial charge on any atom is 0.269 e. The van der Waals surface area contributed by atoms with Crippen LogP contribution in [0.2, 0.25) is 0 Å². The van der Waals surface area contributed by atoms with Gasteiger partial charge in [0.25, 0.3) is 5.69 Å². The number of nitrogens with one attached hydrogen (secondary N) is 1. The van der Waals surface area contributed by atoms with Crippen LogP contribution in [-0.4, -0.2) is 16.9 Å². The van der Waals surface area contributed by atoms with Gasteiger partial charge in [-0.3, -0.25) is 14.9 Å². The fourth-order valence-corrected chi connectivity index (χ4v) is 1.75. The summed E-state index contributed by atoms with van der Waals surface area (Å²) in [6.45, 7) is 4.04. The highest BCUT2D eigenvalue weighted by Gasteiger charge is 2.09. The van der Waals surface area contributed by atoms with Crippen molar-refractivity contribution in [2.75, 3.05) is 0 Å². The van der Waals surface area contributed by atoms with Crippen LogP contribution in [-0.2, 0) is 11.2 Å². The fourth-order valence-electron chi connectivity index (χ4n) is 1.75. The summed E-state index contributed by atoms with van der Waals surface area (Å²) in [5.41, 5.74) is 0.820. The SMILES string of the molecule is CCC[C@H](C)NC(=O)Cc1ccc([N+](=O)[O-])cc1. The average molecular weight is 250 g/mol. The fraction of sp³-hybridized carbons (Fsp3) is 0.462. The number of nitro groups is 1. The first-order valence-corrected chi connectivity index (χ1v) is 6.05. The average Bonchev–Trinajstić information content (AvgIpc) is 2.29. The van der Waals surface area contributed by atoms with Crippen molar-refractivity contribution >= 4 is 11.6 Å². The van der Waals surface area contributed by atoms with E-state index in [9.17, 15) is 14.9 Å². The second-order valence-corrected chi connectivity index (χ2v) is 4.36. The Bertz CT molecular complexity index is 415. The highest BCUT2D eigenvalue weighted by molar-refractivity contribution is 5.78. The number of nitrogens with zero attached hydrogens (tertiary/aromatic N) is 1. The van der Waals surface area contributed by atoms with Gasteiger partial charge in [0.15, 0.2) is 0 Å². The monoisotopic (exact) mass is 250 g/mol. The minimum Gasteiger partial charge on any atom is -0.353 e. The van der Waals surface area contributed by atoms with Crippen LogP contribution in [0.25, 0.3) is 0 Å². The van der Waals surface area contributed by atoms with E-state index in [0.717, 1.165) is 18.4 Å². The zero-order chi connectivity index (χ0) is 13.5. The summed E-state index contributed by atoms with van der Waals surface area (Å²) in [6, 6.07) is 6.22. The van der Waals surface area contributed by atoms with Gasteiger partial charge in [0.05, 0.1) is 11.3 Å². The van der Waals surface area contributed by atoms with E-state index in [1.165, 1.54) is 12.1 Å². The number of carbonyl (C=O) groups is 1. The number of hydrogen-bond acceptors (Lipinski definition) is 3. The molecular formula is C13H18N2O3. The molecule has 1 aromatic carbocycles. The van der Waals surface area contributed by atoms with Gasteiger partial charge in [0.2, 0.25) is 5.91 Å². The topological polar surface area (TPSA) is 72.2 Å². The molecule has 0 unspecified atom stereocenters. The molecule has 5 nitrogen and oxygen atoms in total. The Hall–Kier alpha value is -1.91. The summed E-state index contributed by atoms with van der Waals surface area (Å²) in [7, 11) is 0. The Labute approximate surface area is 106 Å². The molecule has 5 heteroatoms. The highest BCUT2D eigenvalue weighted by atomic mass is 16.6. The number of rotatable bonds is 6. The van der Waals surface area contributed by atoms with E-state index in [-0.39, 0.29) is 24.1 Å². The molecule has 0 fully saturated rings. The molecule has 1 rings (SSSR count). The zero-order valence-electron chi connectivity index (χ0n) is 10.7. The Morgan fingerprint density at radius 2 is 2.00 bits per heavy atom. The van der Waals surface area contributed by atoms with Crippen molar-refractivity contribution < 1.29 is 9.72 Å². The summed E-state index contributed by atoms with van der Waals surface area (Å²) >= 11 is 0. The lowest BCUT2D eigenvalue weighted by Crippen LogP contribution is -2.33. The molecule has 0 radical (unpaired) electrons. The van der Waals surface area contributed by atoms with Crippen LogP contribution in [0, 0.1) is 10.1 Å². The van der Waals surface area contributed by atoms with Crippen LogP contribution in [0.1, 0.15) is 32.3 Å². The lowest BCUT2D eigenvalue weighted by atomic mass is 10.1. The van der Waals surface area contributed by atoms with Crippen molar-refractivity contribution in [2.45, 2.75) is 39.2 Å². The summed E-state index contributed by atoms with van der Waals surface area (Å²) < 4.78 is 0. The molecule has 98 valence electrons. The highest BCUT2D eigenvalue weighted by Crippen LogP contribution is 2.12. The smallest absolute Gasteiger partial charge is 0.269 e. The van der Waals surface area contributed by atoms with Crippen LogP contribution in [0.3, 0.4) is 0 Å². The summed E-state index contributed by atoms with van der Waals surface area (Å²) in [5.74, 6) is -0.0511. The molecule has 0 aliphatic carbocycles. The molecule has 0 saturated heterocycles. The van der Waals surface area contributed by atoms with Crippen molar-refractivity contribution in [3.8, 4) is 0 Å². The van der Waals surface area contributed by atoms with Crippen LogP contribution in [0.5, 0.6) is 0 Å². The molecule has 0 bridgehead atoms. The number of amides is 1. The van der Waals surface area contributed by atoms with Gasteiger partial charge < -0.3 is 5.32 Å². The van der Waals surface area contributed by atoms with Gasteiger partial charge in [-0.2, -0.15) is 0 Å². The summed E-state index contributed by atoms with van der Waals surface area (Å²) in [6.07, 6.45) is 2.23. The molecule has 1 N–H and O–H groups in total. The molecular weight excluding hydrogens is 232 g/mol. The molecule has 1 aromatic rings. The number of benzene rings is 1. The number of nitro benzene ring substituents is 1. The predicted molar refractivity (Wildman–Crippen MR) is 69.3 cm³/mol. The lowest BCUT2D eigenvalue weighted by Gasteiger charge is -2.12. The van der Waals surface area contributed by atoms with Gasteiger partial charge in [-0.1, -0.05) is 25.5 Å². The van der Waals surface area contributed by atoms with E-state index in [0.29, 0.717) is 0 Å². The Morgan fingerprint density at radius 3 is 2.50 bits per heavy atom. The van der Waals surface area contributed by atoms with Crippen LogP contribution < -0.4 is 5.32 Å². The van der Waals surface area contributed by atoms with Crippen LogP contribution >= 0.6 is 0 Å². The first kappa shape index (κ1) is 14.2. The maximum atomic E-state index is 11.7. The van der Waals surface area contributed by atoms with E-state index < -0.39 is 4.92 Å². The van der Waals surface area contributed by atoms with Gasteiger partial charge in [-0.25, -0.2) is 0 Å². The van der Waals surface area contributed by atoms with Crippen molar-refractivity contribution in [2.24, 2.45) is 0 Å². The number of hydrogen-bond donors (Lipinski definition) is 1. The first-order valence-electron chi connectivity index (χ1n) is 6.05. The standard InChI is InChI=1S/C13H18N2O3/c1-3-4-10(2)14-13(16)9-11-5-7-12(8-6-11)15(17)18/h5-8,10H,3-4,9H2,1-2H3,(H,14,16)/t10-/m0/s1. The number of carbonyl (C=O) groups excluding carboxylic acids is 1. The Morgan fingerprint density at radius 1 is 1.39 bits per heavy atom. The molecule has 1 atom stereocenters. The molecule has 0 aliphatic rings. The van der Waals surface area contributed by atoms with Gasteiger partial charge in [-0.15, -0.1) is 0 Å².